The fourth-order valence-corrected chi connectivity index (χ4v) is 1.97. The first-order valence-corrected chi connectivity index (χ1v) is 6.99. The molecule has 1 saturated heterocycles. The summed E-state index contributed by atoms with van der Waals surface area (Å²) in [5.74, 6) is 0.0932. The van der Waals surface area contributed by atoms with Crippen molar-refractivity contribution in [3.05, 3.63) is 0 Å². The van der Waals surface area contributed by atoms with Crippen LogP contribution in [0.25, 0.3) is 0 Å². The summed E-state index contributed by atoms with van der Waals surface area (Å²) in [7, 11) is 0. The predicted molar refractivity (Wildman–Crippen MR) is 66.3 cm³/mol. The molecule has 0 aromatic carbocycles. The highest BCUT2D eigenvalue weighted by atomic mass is 32.2. The van der Waals surface area contributed by atoms with Gasteiger partial charge in [-0.2, -0.15) is 11.8 Å². The molecule has 16 heavy (non-hydrogen) atoms. The lowest BCUT2D eigenvalue weighted by Gasteiger charge is -2.21. The van der Waals surface area contributed by atoms with Crippen molar-refractivity contribution in [1.29, 1.82) is 0 Å². The standard InChI is InChI=1S/C11H20N2O2S/c1-8(16-2)5-6-12-11(15)9-3-4-10(14)13-7-9/h8-9H,3-7H2,1-2H3,(H,12,15)(H,13,14). The van der Waals surface area contributed by atoms with Gasteiger partial charge in [0.15, 0.2) is 0 Å². The second-order valence-electron chi connectivity index (χ2n) is 4.17. The molecule has 0 saturated carbocycles. The first-order chi connectivity index (χ1) is 7.63. The Morgan fingerprint density at radius 1 is 1.69 bits per heavy atom. The van der Waals surface area contributed by atoms with E-state index in [1.165, 1.54) is 0 Å². The summed E-state index contributed by atoms with van der Waals surface area (Å²) in [6.45, 7) is 3.37. The fourth-order valence-electron chi connectivity index (χ4n) is 1.62. The van der Waals surface area contributed by atoms with Gasteiger partial charge in [-0.05, 0) is 19.1 Å². The first kappa shape index (κ1) is 13.4. The molecule has 2 N–H and O–H groups in total. The third-order valence-corrected chi connectivity index (χ3v) is 3.93. The van der Waals surface area contributed by atoms with Crippen molar-refractivity contribution in [3.8, 4) is 0 Å². The van der Waals surface area contributed by atoms with E-state index >= 15 is 0 Å². The minimum atomic E-state index is -0.0396. The maximum Gasteiger partial charge on any atom is 0.224 e. The summed E-state index contributed by atoms with van der Waals surface area (Å²) >= 11 is 1.80. The molecule has 1 aliphatic rings. The molecule has 92 valence electrons. The number of carbonyl (C=O) groups is 2. The molecule has 0 aromatic heterocycles. The van der Waals surface area contributed by atoms with E-state index in [1.54, 1.807) is 11.8 Å². The lowest BCUT2D eigenvalue weighted by atomic mass is 9.98. The van der Waals surface area contributed by atoms with Gasteiger partial charge in [-0.25, -0.2) is 0 Å². The lowest BCUT2D eigenvalue weighted by molar-refractivity contribution is -0.128. The molecule has 4 nitrogen and oxygen atoms in total. The molecule has 1 aliphatic heterocycles. The summed E-state index contributed by atoms with van der Waals surface area (Å²) in [5.41, 5.74) is 0. The average Bonchev–Trinajstić information content (AvgIpc) is 2.29. The zero-order chi connectivity index (χ0) is 12.0. The Balaban J connectivity index is 2.17. The van der Waals surface area contributed by atoms with Gasteiger partial charge in [0, 0.05) is 24.8 Å². The number of thioether (sulfide) groups is 1. The minimum absolute atomic E-state index is 0.0396. The molecule has 0 radical (unpaired) electrons. The zero-order valence-corrected chi connectivity index (χ0v) is 10.7. The summed E-state index contributed by atoms with van der Waals surface area (Å²) < 4.78 is 0. The fraction of sp³-hybridized carbons (Fsp3) is 0.818. The number of hydrogen-bond acceptors (Lipinski definition) is 3. The number of carbonyl (C=O) groups excluding carboxylic acids is 2. The maximum atomic E-state index is 11.7. The van der Waals surface area contributed by atoms with Crippen LogP contribution in [0, 0.1) is 5.92 Å². The van der Waals surface area contributed by atoms with E-state index in [9.17, 15) is 9.59 Å². The van der Waals surface area contributed by atoms with Crippen molar-refractivity contribution < 1.29 is 9.59 Å². The van der Waals surface area contributed by atoms with E-state index in [4.69, 9.17) is 0 Å². The molecule has 2 atom stereocenters. The van der Waals surface area contributed by atoms with Crippen LogP contribution < -0.4 is 10.6 Å². The SMILES string of the molecule is CSC(C)CCNC(=O)C1CCC(=O)NC1. The lowest BCUT2D eigenvalue weighted by Crippen LogP contribution is -2.43. The Kier molecular flexibility index (Phi) is 5.66. The van der Waals surface area contributed by atoms with E-state index in [2.05, 4.69) is 23.8 Å². The van der Waals surface area contributed by atoms with E-state index in [1.807, 2.05) is 0 Å². The van der Waals surface area contributed by atoms with Crippen molar-refractivity contribution in [3.63, 3.8) is 0 Å². The molecule has 0 aromatic rings. The minimum Gasteiger partial charge on any atom is -0.356 e. The van der Waals surface area contributed by atoms with Gasteiger partial charge in [0.05, 0.1) is 5.92 Å². The second kappa shape index (κ2) is 6.78. The van der Waals surface area contributed by atoms with E-state index in [-0.39, 0.29) is 17.7 Å². The summed E-state index contributed by atoms with van der Waals surface area (Å²) in [6, 6.07) is 0. The highest BCUT2D eigenvalue weighted by Gasteiger charge is 2.23. The number of rotatable bonds is 5. The summed E-state index contributed by atoms with van der Waals surface area (Å²) in [6.07, 6.45) is 4.21. The molecular weight excluding hydrogens is 224 g/mol. The van der Waals surface area contributed by atoms with Crippen molar-refractivity contribution in [1.82, 2.24) is 10.6 Å². The monoisotopic (exact) mass is 244 g/mol. The van der Waals surface area contributed by atoms with Gasteiger partial charge in [0.2, 0.25) is 11.8 Å². The molecule has 2 unspecified atom stereocenters. The van der Waals surface area contributed by atoms with Crippen molar-refractivity contribution in [2.75, 3.05) is 19.3 Å². The average molecular weight is 244 g/mol. The van der Waals surface area contributed by atoms with Crippen LogP contribution in [0.1, 0.15) is 26.2 Å². The van der Waals surface area contributed by atoms with E-state index < -0.39 is 0 Å². The smallest absolute Gasteiger partial charge is 0.224 e. The van der Waals surface area contributed by atoms with Crippen molar-refractivity contribution in [2.45, 2.75) is 31.4 Å². The molecule has 5 heteroatoms. The van der Waals surface area contributed by atoms with Gasteiger partial charge in [-0.3, -0.25) is 9.59 Å². The van der Waals surface area contributed by atoms with E-state index in [0.29, 0.717) is 24.6 Å². The Hall–Kier alpha value is -0.710. The van der Waals surface area contributed by atoms with Crippen LogP contribution in [0.4, 0.5) is 0 Å². The Bertz CT molecular complexity index is 248. The van der Waals surface area contributed by atoms with Crippen molar-refractivity contribution in [2.24, 2.45) is 5.92 Å². The van der Waals surface area contributed by atoms with Gasteiger partial charge in [0.25, 0.3) is 0 Å². The number of hydrogen-bond donors (Lipinski definition) is 2. The quantitative estimate of drug-likeness (QED) is 0.751. The van der Waals surface area contributed by atoms with Gasteiger partial charge in [-0.1, -0.05) is 6.92 Å². The summed E-state index contributed by atoms with van der Waals surface area (Å²) in [4.78, 5) is 22.6. The number of nitrogens with one attached hydrogen (secondary N) is 2. The summed E-state index contributed by atoms with van der Waals surface area (Å²) in [5, 5.41) is 6.22. The normalized spacial score (nSPS) is 22.4. The molecule has 1 fully saturated rings. The molecule has 0 spiro atoms. The Morgan fingerprint density at radius 3 is 3.00 bits per heavy atom. The predicted octanol–water partition coefficient (Wildman–Crippen LogP) is 0.770. The van der Waals surface area contributed by atoms with Gasteiger partial charge in [-0.15, -0.1) is 0 Å². The number of piperidine rings is 1. The third kappa shape index (κ3) is 4.43. The van der Waals surface area contributed by atoms with Crippen LogP contribution in [0.3, 0.4) is 0 Å². The number of amides is 2. The molecular formula is C11H20N2O2S. The molecule has 2 amide bonds. The molecule has 1 rings (SSSR count). The molecule has 0 aliphatic carbocycles. The van der Waals surface area contributed by atoms with E-state index in [0.717, 1.165) is 13.0 Å². The van der Waals surface area contributed by atoms with Crippen LogP contribution in [0.15, 0.2) is 0 Å². The highest BCUT2D eigenvalue weighted by Crippen LogP contribution is 2.11. The second-order valence-corrected chi connectivity index (χ2v) is 5.44. The Labute approximate surface area is 101 Å². The molecule has 1 heterocycles. The maximum absolute atomic E-state index is 11.7. The van der Waals surface area contributed by atoms with Crippen LogP contribution in [-0.4, -0.2) is 36.4 Å². The van der Waals surface area contributed by atoms with Crippen LogP contribution in [0.2, 0.25) is 0 Å². The topological polar surface area (TPSA) is 58.2 Å². The first-order valence-electron chi connectivity index (χ1n) is 5.70. The largest absolute Gasteiger partial charge is 0.356 e. The van der Waals surface area contributed by atoms with Gasteiger partial charge < -0.3 is 10.6 Å². The van der Waals surface area contributed by atoms with Gasteiger partial charge >= 0.3 is 0 Å². The van der Waals surface area contributed by atoms with Crippen LogP contribution in [-0.2, 0) is 9.59 Å². The third-order valence-electron chi connectivity index (χ3n) is 2.89. The highest BCUT2D eigenvalue weighted by molar-refractivity contribution is 7.99. The van der Waals surface area contributed by atoms with Gasteiger partial charge in [0.1, 0.15) is 0 Å². The zero-order valence-electron chi connectivity index (χ0n) is 9.91. The molecule has 0 bridgehead atoms. The Morgan fingerprint density at radius 2 is 2.44 bits per heavy atom. The van der Waals surface area contributed by atoms with Crippen LogP contribution in [0.5, 0.6) is 0 Å². The van der Waals surface area contributed by atoms with Crippen molar-refractivity contribution >= 4 is 23.6 Å². The van der Waals surface area contributed by atoms with Crippen LogP contribution >= 0.6 is 11.8 Å².